The van der Waals surface area contributed by atoms with Gasteiger partial charge in [-0.25, -0.2) is 0 Å². The lowest BCUT2D eigenvalue weighted by molar-refractivity contribution is -0.154. The number of carbonyl (C=O) groups is 3. The van der Waals surface area contributed by atoms with Crippen LogP contribution in [0.4, 0.5) is 0 Å². The third kappa shape index (κ3) is 2.80. The van der Waals surface area contributed by atoms with Gasteiger partial charge in [0.1, 0.15) is 22.8 Å². The molecule has 1 saturated carbocycles. The Kier molecular flexibility index (Phi) is 5.45. The summed E-state index contributed by atoms with van der Waals surface area (Å²) in [6.07, 6.45) is -1.44. The molecule has 0 aromatic heterocycles. The van der Waals surface area contributed by atoms with E-state index in [1.807, 2.05) is 13.8 Å². The van der Waals surface area contributed by atoms with Crippen LogP contribution < -0.4 is 5.73 Å². The second kappa shape index (κ2) is 7.51. The second-order valence-corrected chi connectivity index (χ2v) is 7.73. The Morgan fingerprint density at radius 3 is 2.35 bits per heavy atom. The van der Waals surface area contributed by atoms with Crippen LogP contribution in [0.5, 0.6) is 5.75 Å². The maximum absolute atomic E-state index is 13.3. The Morgan fingerprint density at radius 1 is 1.16 bits per heavy atom. The largest absolute Gasteiger partial charge is 0.508 e. The zero-order chi connectivity index (χ0) is 23.4. The predicted molar refractivity (Wildman–Crippen MR) is 109 cm³/mol. The number of aromatic hydroxyl groups is 1. The fraction of sp³-hybridized carbons (Fsp3) is 0.409. The highest BCUT2D eigenvalue weighted by molar-refractivity contribution is 6.23. The number of Topliss-reactive ketones (excluding diaryl/α,β-unsaturated/α-hetero) is 2. The lowest BCUT2D eigenvalue weighted by Crippen LogP contribution is -2.61. The molecular weight excluding hydrogens is 406 g/mol. The molecule has 0 saturated heterocycles. The van der Waals surface area contributed by atoms with Crippen LogP contribution in [0.3, 0.4) is 0 Å². The normalized spacial score (nSPS) is 31.9. The molecule has 3 aliphatic rings. The van der Waals surface area contributed by atoms with Crippen LogP contribution in [-0.2, 0) is 14.4 Å². The number of phenolic OH excluding ortho intramolecular Hbond substituents is 1. The van der Waals surface area contributed by atoms with E-state index in [1.165, 1.54) is 25.1 Å². The van der Waals surface area contributed by atoms with Crippen LogP contribution in [0.2, 0.25) is 0 Å². The molecule has 0 aliphatic heterocycles. The van der Waals surface area contributed by atoms with E-state index in [2.05, 4.69) is 0 Å². The second-order valence-electron chi connectivity index (χ2n) is 7.73. The summed E-state index contributed by atoms with van der Waals surface area (Å²) in [6.45, 7) is 5.39. The van der Waals surface area contributed by atoms with Gasteiger partial charge in [0.2, 0.25) is 5.78 Å². The number of primary amides is 1. The van der Waals surface area contributed by atoms with Crippen LogP contribution in [0.25, 0.3) is 5.76 Å². The van der Waals surface area contributed by atoms with Gasteiger partial charge in [-0.15, -0.1) is 0 Å². The van der Waals surface area contributed by atoms with Gasteiger partial charge in [-0.1, -0.05) is 32.9 Å². The fourth-order valence-electron chi connectivity index (χ4n) is 4.89. The molecule has 0 spiro atoms. The van der Waals surface area contributed by atoms with Gasteiger partial charge in [0.05, 0.1) is 11.7 Å². The van der Waals surface area contributed by atoms with Crippen LogP contribution in [0.1, 0.15) is 44.4 Å². The lowest BCUT2D eigenvalue weighted by Gasteiger charge is -2.49. The average molecular weight is 431 g/mol. The zero-order valence-electron chi connectivity index (χ0n) is 17.3. The Hall–Kier alpha value is -3.17. The van der Waals surface area contributed by atoms with Crippen molar-refractivity contribution in [2.24, 2.45) is 23.5 Å². The molecule has 0 unspecified atom stereocenters. The van der Waals surface area contributed by atoms with Crippen LogP contribution >= 0.6 is 0 Å². The zero-order valence-corrected chi connectivity index (χ0v) is 17.3. The molecule has 7 N–H and O–H groups in total. The Labute approximate surface area is 178 Å². The highest BCUT2D eigenvalue weighted by Crippen LogP contribution is 2.55. The van der Waals surface area contributed by atoms with Crippen LogP contribution in [0, 0.1) is 17.8 Å². The number of rotatable bonds is 1. The van der Waals surface area contributed by atoms with E-state index in [1.54, 1.807) is 0 Å². The fourth-order valence-corrected chi connectivity index (χ4v) is 4.89. The quantitative estimate of drug-likeness (QED) is 0.359. The maximum atomic E-state index is 13.3. The van der Waals surface area contributed by atoms with E-state index >= 15 is 0 Å². The summed E-state index contributed by atoms with van der Waals surface area (Å²) >= 11 is 0. The maximum Gasteiger partial charge on any atom is 0.255 e. The van der Waals surface area contributed by atoms with Crippen molar-refractivity contribution in [1.29, 1.82) is 0 Å². The predicted octanol–water partition coefficient (Wildman–Crippen LogP) is 1.19. The monoisotopic (exact) mass is 431 g/mol. The van der Waals surface area contributed by atoms with E-state index < -0.39 is 64.0 Å². The summed E-state index contributed by atoms with van der Waals surface area (Å²) in [4.78, 5) is 37.5. The summed E-state index contributed by atoms with van der Waals surface area (Å²) < 4.78 is 0. The number of carbonyl (C=O) groups excluding carboxylic acids is 3. The minimum absolute atomic E-state index is 0.138. The summed E-state index contributed by atoms with van der Waals surface area (Å²) in [5.41, 5.74) is 1.30. The molecule has 1 amide bonds. The molecule has 31 heavy (non-hydrogen) atoms. The number of fused-ring (bicyclic) bond motifs is 3. The average Bonchev–Trinajstić information content (AvgIpc) is 2.73. The lowest BCUT2D eigenvalue weighted by atomic mass is 9.56. The summed E-state index contributed by atoms with van der Waals surface area (Å²) in [5.74, 6) is -8.60. The molecule has 1 aromatic carbocycles. The molecule has 9 heteroatoms. The van der Waals surface area contributed by atoms with Crippen molar-refractivity contribution in [3.05, 3.63) is 46.2 Å². The molecule has 0 heterocycles. The first-order valence-corrected chi connectivity index (χ1v) is 10.0. The van der Waals surface area contributed by atoms with Gasteiger partial charge in [-0.2, -0.15) is 0 Å². The molecule has 166 valence electrons. The van der Waals surface area contributed by atoms with Gasteiger partial charge in [0.15, 0.2) is 11.4 Å². The molecular formula is C22H25NO8. The molecule has 9 nitrogen and oxygen atoms in total. The Bertz CT molecular complexity index is 1060. The van der Waals surface area contributed by atoms with Gasteiger partial charge in [0, 0.05) is 23.3 Å². The topological polar surface area (TPSA) is 178 Å². The molecule has 1 aromatic rings. The number of aliphatic hydroxyl groups excluding tert-OH is 3. The first-order chi connectivity index (χ1) is 14.5. The van der Waals surface area contributed by atoms with Crippen molar-refractivity contribution in [2.75, 3.05) is 0 Å². The van der Waals surface area contributed by atoms with Crippen molar-refractivity contribution in [2.45, 2.75) is 38.9 Å². The van der Waals surface area contributed by atoms with Gasteiger partial charge in [0.25, 0.3) is 5.91 Å². The molecule has 4 rings (SSSR count). The van der Waals surface area contributed by atoms with Crippen molar-refractivity contribution in [1.82, 2.24) is 0 Å². The smallest absolute Gasteiger partial charge is 0.255 e. The number of hydrogen-bond acceptors (Lipinski definition) is 8. The molecule has 5 atom stereocenters. The van der Waals surface area contributed by atoms with E-state index in [4.69, 9.17) is 5.73 Å². The van der Waals surface area contributed by atoms with Gasteiger partial charge in [-0.05, 0) is 18.1 Å². The number of hydrogen-bond donors (Lipinski definition) is 6. The highest BCUT2D eigenvalue weighted by Gasteiger charge is 2.63. The van der Waals surface area contributed by atoms with Gasteiger partial charge >= 0.3 is 0 Å². The van der Waals surface area contributed by atoms with E-state index in [-0.39, 0.29) is 28.9 Å². The number of ketones is 2. The highest BCUT2D eigenvalue weighted by atomic mass is 16.3. The first-order valence-electron chi connectivity index (χ1n) is 10.0. The third-order valence-corrected chi connectivity index (χ3v) is 6.38. The van der Waals surface area contributed by atoms with Crippen molar-refractivity contribution in [3.8, 4) is 5.75 Å². The first kappa shape index (κ1) is 22.5. The van der Waals surface area contributed by atoms with Crippen molar-refractivity contribution < 1.29 is 39.9 Å². The number of amides is 1. The number of aliphatic hydroxyl groups is 4. The van der Waals surface area contributed by atoms with Crippen molar-refractivity contribution >= 4 is 23.2 Å². The minimum atomic E-state index is -2.67. The standard InChI is InChI=1S/C20H19NO8.C2H6/c1-6-9-5-8-12(16(25)11-7(15(8)24)3-2-4-10(11)22)17(26)20(9,29)18(27)13(14(6)23)19(21)28;1-2/h2-4,6,8-9,15,22,24-25,27,29H,5H2,1H3,(H2,21,28);1-2H3/t6-,8-,9-,15+,20-;/m0./s1. The summed E-state index contributed by atoms with van der Waals surface area (Å²) in [6, 6.07) is 4.21. The summed E-state index contributed by atoms with van der Waals surface area (Å²) in [7, 11) is 0. The van der Waals surface area contributed by atoms with Crippen LogP contribution in [-0.4, -0.2) is 48.6 Å². The minimum Gasteiger partial charge on any atom is -0.508 e. The van der Waals surface area contributed by atoms with E-state index in [0.29, 0.717) is 0 Å². The SMILES string of the molecule is CC.C[C@@H]1C(=O)C(C(N)=O)=C(O)[C@@]2(O)C(=O)C3=C(O)c4c(O)cccc4[C@@H](O)[C@H]3C[C@@H]12. The number of nitrogens with two attached hydrogens (primary N) is 1. The number of benzene rings is 1. The molecule has 1 fully saturated rings. The van der Waals surface area contributed by atoms with E-state index in [9.17, 15) is 39.9 Å². The van der Waals surface area contributed by atoms with Gasteiger partial charge < -0.3 is 31.3 Å². The summed E-state index contributed by atoms with van der Waals surface area (Å²) in [5, 5.41) is 53.4. The Morgan fingerprint density at radius 2 is 1.77 bits per heavy atom. The molecule has 0 bridgehead atoms. The van der Waals surface area contributed by atoms with Crippen LogP contribution in [0.15, 0.2) is 35.1 Å². The van der Waals surface area contributed by atoms with E-state index in [0.717, 1.165) is 0 Å². The molecule has 3 aliphatic carbocycles. The van der Waals surface area contributed by atoms with Gasteiger partial charge in [-0.3, -0.25) is 14.4 Å². The Balaban J connectivity index is 0.00000132. The third-order valence-electron chi connectivity index (χ3n) is 6.38. The number of phenols is 1. The molecule has 0 radical (unpaired) electrons. The van der Waals surface area contributed by atoms with Crippen molar-refractivity contribution in [3.63, 3.8) is 0 Å².